The van der Waals surface area contributed by atoms with Crippen LogP contribution in [0, 0.1) is 0 Å². The van der Waals surface area contributed by atoms with Gasteiger partial charge in [0.1, 0.15) is 11.5 Å². The van der Waals surface area contributed by atoms with Gasteiger partial charge in [-0.1, -0.05) is 24.3 Å². The third kappa shape index (κ3) is 7.16. The van der Waals surface area contributed by atoms with Crippen LogP contribution in [0.15, 0.2) is 47.5 Å². The number of guanidine groups is 1. The number of halogens is 1. The van der Waals surface area contributed by atoms with Crippen molar-refractivity contribution in [3.63, 3.8) is 0 Å². The predicted molar refractivity (Wildman–Crippen MR) is 141 cm³/mol. The van der Waals surface area contributed by atoms with E-state index in [1.165, 1.54) is 11.1 Å². The van der Waals surface area contributed by atoms with Crippen molar-refractivity contribution in [2.45, 2.75) is 32.5 Å². The first-order valence-electron chi connectivity index (χ1n) is 10.7. The lowest BCUT2D eigenvalue weighted by atomic mass is 10.1. The van der Waals surface area contributed by atoms with Crippen molar-refractivity contribution in [1.29, 1.82) is 0 Å². The monoisotopic (exact) mass is 554 g/mol. The number of ether oxygens (including phenoxy) is 3. The lowest BCUT2D eigenvalue weighted by molar-refractivity contribution is 0.184. The Bertz CT molecular complexity index is 856. The molecule has 1 unspecified atom stereocenters. The van der Waals surface area contributed by atoms with Crippen LogP contribution in [0.1, 0.15) is 24.5 Å². The highest BCUT2D eigenvalue weighted by molar-refractivity contribution is 14.0. The van der Waals surface area contributed by atoms with Gasteiger partial charge in [-0.25, -0.2) is 4.99 Å². The van der Waals surface area contributed by atoms with Gasteiger partial charge in [-0.05, 0) is 24.5 Å². The molecular formula is C24H35IN4O3. The van der Waals surface area contributed by atoms with Gasteiger partial charge in [-0.15, -0.1) is 24.0 Å². The number of aliphatic imine (C=N–C) groups is 1. The predicted octanol–water partition coefficient (Wildman–Crippen LogP) is 3.80. The van der Waals surface area contributed by atoms with Gasteiger partial charge in [0.05, 0.1) is 27.4 Å². The Labute approximate surface area is 208 Å². The Morgan fingerprint density at radius 3 is 2.38 bits per heavy atom. The Hall–Kier alpha value is -2.20. The van der Waals surface area contributed by atoms with E-state index in [0.717, 1.165) is 49.2 Å². The van der Waals surface area contributed by atoms with Crippen LogP contribution in [-0.4, -0.2) is 53.0 Å². The van der Waals surface area contributed by atoms with Crippen molar-refractivity contribution in [3.05, 3.63) is 53.6 Å². The van der Waals surface area contributed by atoms with Gasteiger partial charge in [0, 0.05) is 56.7 Å². The highest BCUT2D eigenvalue weighted by Crippen LogP contribution is 2.30. The van der Waals surface area contributed by atoms with Gasteiger partial charge in [0.2, 0.25) is 0 Å². The van der Waals surface area contributed by atoms with Crippen molar-refractivity contribution >= 4 is 35.6 Å². The molecule has 0 spiro atoms. The molecule has 1 aliphatic rings. The molecule has 0 saturated carbocycles. The Morgan fingerprint density at radius 1 is 1.06 bits per heavy atom. The summed E-state index contributed by atoms with van der Waals surface area (Å²) in [6.45, 7) is 5.95. The summed E-state index contributed by atoms with van der Waals surface area (Å²) in [5.41, 5.74) is 3.46. The van der Waals surface area contributed by atoms with Crippen molar-refractivity contribution in [1.82, 2.24) is 10.6 Å². The second kappa shape index (κ2) is 13.4. The number of nitrogens with zero attached hydrogens (tertiary/aromatic N) is 2. The molecule has 2 aromatic carbocycles. The van der Waals surface area contributed by atoms with Crippen molar-refractivity contribution in [2.75, 3.05) is 45.9 Å². The molecule has 7 nitrogen and oxygen atoms in total. The molecule has 0 radical (unpaired) electrons. The summed E-state index contributed by atoms with van der Waals surface area (Å²) in [5, 5.41) is 6.97. The van der Waals surface area contributed by atoms with E-state index in [-0.39, 0.29) is 24.0 Å². The fourth-order valence-corrected chi connectivity index (χ4v) is 3.77. The number of benzene rings is 2. The topological polar surface area (TPSA) is 67.4 Å². The molecule has 0 aromatic heterocycles. The zero-order chi connectivity index (χ0) is 22.1. The summed E-state index contributed by atoms with van der Waals surface area (Å²) in [7, 11) is 5.07. The van der Waals surface area contributed by atoms with Gasteiger partial charge in [0.15, 0.2) is 5.96 Å². The molecule has 1 fully saturated rings. The minimum Gasteiger partial charge on any atom is -0.497 e. The van der Waals surface area contributed by atoms with Crippen LogP contribution in [-0.2, 0) is 17.9 Å². The number of hydrogen-bond donors (Lipinski definition) is 2. The maximum absolute atomic E-state index is 5.42. The fourth-order valence-electron chi connectivity index (χ4n) is 3.77. The average molecular weight is 554 g/mol. The van der Waals surface area contributed by atoms with Gasteiger partial charge in [-0.3, -0.25) is 0 Å². The van der Waals surface area contributed by atoms with Gasteiger partial charge >= 0.3 is 0 Å². The highest BCUT2D eigenvalue weighted by atomic mass is 127. The van der Waals surface area contributed by atoms with E-state index in [2.05, 4.69) is 46.7 Å². The SMILES string of the molecule is CCNC(=NCc1ccccc1COC)NC1CCN(c2cc(OC)cc(OC)c2)C1.I. The van der Waals surface area contributed by atoms with Gasteiger partial charge < -0.3 is 29.7 Å². The number of hydrogen-bond acceptors (Lipinski definition) is 5. The van der Waals surface area contributed by atoms with Crippen molar-refractivity contribution < 1.29 is 14.2 Å². The lowest BCUT2D eigenvalue weighted by Crippen LogP contribution is -2.44. The van der Waals surface area contributed by atoms with E-state index < -0.39 is 0 Å². The largest absolute Gasteiger partial charge is 0.497 e. The molecule has 1 atom stereocenters. The van der Waals surface area contributed by atoms with E-state index in [9.17, 15) is 0 Å². The maximum atomic E-state index is 5.42. The summed E-state index contributed by atoms with van der Waals surface area (Å²) in [5.74, 6) is 2.44. The first-order chi connectivity index (χ1) is 15.2. The van der Waals surface area contributed by atoms with Crippen LogP contribution in [0.4, 0.5) is 5.69 Å². The van der Waals surface area contributed by atoms with E-state index in [1.807, 2.05) is 18.2 Å². The Morgan fingerprint density at radius 2 is 1.75 bits per heavy atom. The molecule has 32 heavy (non-hydrogen) atoms. The minimum atomic E-state index is 0. The van der Waals surface area contributed by atoms with E-state index in [4.69, 9.17) is 19.2 Å². The van der Waals surface area contributed by atoms with Crippen LogP contribution >= 0.6 is 24.0 Å². The zero-order valence-corrected chi connectivity index (χ0v) is 21.7. The number of rotatable bonds is 9. The molecule has 1 heterocycles. The smallest absolute Gasteiger partial charge is 0.191 e. The van der Waals surface area contributed by atoms with Crippen molar-refractivity contribution in [2.24, 2.45) is 4.99 Å². The molecule has 1 aliphatic heterocycles. The maximum Gasteiger partial charge on any atom is 0.191 e. The second-order valence-corrected chi connectivity index (χ2v) is 7.54. The van der Waals surface area contributed by atoms with Gasteiger partial charge in [-0.2, -0.15) is 0 Å². The number of methoxy groups -OCH3 is 3. The first-order valence-corrected chi connectivity index (χ1v) is 10.7. The number of anilines is 1. The van der Waals surface area contributed by atoms with Crippen LogP contribution in [0.3, 0.4) is 0 Å². The van der Waals surface area contributed by atoms with Crippen LogP contribution < -0.4 is 25.0 Å². The summed E-state index contributed by atoms with van der Waals surface area (Å²) in [4.78, 5) is 7.17. The summed E-state index contributed by atoms with van der Waals surface area (Å²) in [6.07, 6.45) is 1.03. The molecule has 0 bridgehead atoms. The van der Waals surface area contributed by atoms with E-state index in [0.29, 0.717) is 19.2 Å². The molecular weight excluding hydrogens is 519 g/mol. The van der Waals surface area contributed by atoms with Crippen LogP contribution in [0.2, 0.25) is 0 Å². The third-order valence-electron chi connectivity index (χ3n) is 5.40. The Kier molecular flexibility index (Phi) is 10.9. The Balaban J connectivity index is 0.00000363. The first kappa shape index (κ1) is 26.1. The van der Waals surface area contributed by atoms with Crippen LogP contribution in [0.5, 0.6) is 11.5 Å². The summed E-state index contributed by atoms with van der Waals surface area (Å²) >= 11 is 0. The third-order valence-corrected chi connectivity index (χ3v) is 5.40. The molecule has 0 aliphatic carbocycles. The summed E-state index contributed by atoms with van der Waals surface area (Å²) < 4.78 is 16.2. The van der Waals surface area contributed by atoms with Crippen molar-refractivity contribution in [3.8, 4) is 11.5 Å². The molecule has 2 aromatic rings. The molecule has 2 N–H and O–H groups in total. The zero-order valence-electron chi connectivity index (χ0n) is 19.4. The molecule has 1 saturated heterocycles. The standard InChI is InChI=1S/C24H34N4O3.HI/c1-5-25-24(26-15-18-8-6-7-9-19(18)17-29-2)27-20-10-11-28(16-20)21-12-22(30-3)14-23(13-21)31-4;/h6-9,12-14,20H,5,10-11,15-17H2,1-4H3,(H2,25,26,27);1H. The average Bonchev–Trinajstić information content (AvgIpc) is 3.27. The molecule has 176 valence electrons. The van der Waals surface area contributed by atoms with Gasteiger partial charge in [0.25, 0.3) is 0 Å². The summed E-state index contributed by atoms with van der Waals surface area (Å²) in [6, 6.07) is 14.6. The fraction of sp³-hybridized carbons (Fsp3) is 0.458. The number of nitrogens with one attached hydrogen (secondary N) is 2. The minimum absolute atomic E-state index is 0. The molecule has 0 amide bonds. The van der Waals surface area contributed by atoms with E-state index in [1.54, 1.807) is 21.3 Å². The molecule has 8 heteroatoms. The van der Waals surface area contributed by atoms with E-state index >= 15 is 0 Å². The normalized spacial score (nSPS) is 15.8. The highest BCUT2D eigenvalue weighted by Gasteiger charge is 2.24. The second-order valence-electron chi connectivity index (χ2n) is 7.54. The quantitative estimate of drug-likeness (QED) is 0.279. The lowest BCUT2D eigenvalue weighted by Gasteiger charge is -2.21. The van der Waals surface area contributed by atoms with Crippen LogP contribution in [0.25, 0.3) is 0 Å². The molecule has 3 rings (SSSR count).